The molecule has 13 heavy (non-hydrogen) atoms. The van der Waals surface area contributed by atoms with Crippen LogP contribution in [0.3, 0.4) is 0 Å². The zero-order valence-electron chi connectivity index (χ0n) is 8.06. The molecule has 0 radical (unpaired) electrons. The molecule has 1 aliphatic rings. The van der Waals surface area contributed by atoms with Crippen LogP contribution in [0.1, 0.15) is 18.1 Å². The summed E-state index contributed by atoms with van der Waals surface area (Å²) in [5.41, 5.74) is 4.23. The zero-order chi connectivity index (χ0) is 9.10. The van der Waals surface area contributed by atoms with E-state index in [9.17, 15) is 0 Å². The van der Waals surface area contributed by atoms with Crippen LogP contribution in [0.4, 0.5) is 5.69 Å². The Labute approximate surface area is 79.4 Å². The Balaban J connectivity index is 2.20. The summed E-state index contributed by atoms with van der Waals surface area (Å²) in [6, 6.07) is 6.56. The molecule has 0 amide bonds. The summed E-state index contributed by atoms with van der Waals surface area (Å²) >= 11 is 0. The highest BCUT2D eigenvalue weighted by atomic mass is 14.9. The van der Waals surface area contributed by atoms with Gasteiger partial charge in [0.2, 0.25) is 0 Å². The van der Waals surface area contributed by atoms with E-state index in [-0.39, 0.29) is 0 Å². The molecule has 0 bridgehead atoms. The molecule has 2 nitrogen and oxygen atoms in total. The first kappa shape index (κ1) is 8.57. The number of anilines is 1. The number of rotatable bonds is 3. The molecular weight excluding hydrogens is 160 g/mol. The van der Waals surface area contributed by atoms with Gasteiger partial charge in [0, 0.05) is 18.8 Å². The molecule has 1 aliphatic heterocycles. The standard InChI is InChI=1S/C11H16N2/c1-2-12-8-10-5-3-4-9-6-7-13-11(9)10/h3-5,12-13H,2,6-8H2,1H3. The highest BCUT2D eigenvalue weighted by Gasteiger charge is 2.12. The Morgan fingerprint density at radius 1 is 1.46 bits per heavy atom. The van der Waals surface area contributed by atoms with Gasteiger partial charge in [-0.25, -0.2) is 0 Å². The average molecular weight is 176 g/mol. The van der Waals surface area contributed by atoms with Crippen molar-refractivity contribution in [1.82, 2.24) is 5.32 Å². The van der Waals surface area contributed by atoms with E-state index in [0.717, 1.165) is 19.6 Å². The molecule has 2 N–H and O–H groups in total. The van der Waals surface area contributed by atoms with E-state index in [1.165, 1.54) is 23.2 Å². The van der Waals surface area contributed by atoms with Crippen LogP contribution in [-0.4, -0.2) is 13.1 Å². The van der Waals surface area contributed by atoms with Crippen molar-refractivity contribution in [3.8, 4) is 0 Å². The highest BCUT2D eigenvalue weighted by Crippen LogP contribution is 2.25. The molecule has 2 heteroatoms. The topological polar surface area (TPSA) is 24.1 Å². The maximum absolute atomic E-state index is 3.44. The van der Waals surface area contributed by atoms with E-state index in [1.54, 1.807) is 0 Å². The summed E-state index contributed by atoms with van der Waals surface area (Å²) in [4.78, 5) is 0. The summed E-state index contributed by atoms with van der Waals surface area (Å²) in [7, 11) is 0. The zero-order valence-corrected chi connectivity index (χ0v) is 8.06. The summed E-state index contributed by atoms with van der Waals surface area (Å²) < 4.78 is 0. The van der Waals surface area contributed by atoms with Gasteiger partial charge in [0.15, 0.2) is 0 Å². The number of hydrogen-bond acceptors (Lipinski definition) is 2. The lowest BCUT2D eigenvalue weighted by Crippen LogP contribution is -2.12. The molecule has 0 spiro atoms. The van der Waals surface area contributed by atoms with E-state index in [0.29, 0.717) is 0 Å². The number of fused-ring (bicyclic) bond motifs is 1. The van der Waals surface area contributed by atoms with Gasteiger partial charge in [-0.2, -0.15) is 0 Å². The third-order valence-corrected chi connectivity index (χ3v) is 2.50. The Morgan fingerprint density at radius 2 is 2.38 bits per heavy atom. The summed E-state index contributed by atoms with van der Waals surface area (Å²) in [5.74, 6) is 0. The van der Waals surface area contributed by atoms with Crippen molar-refractivity contribution in [3.63, 3.8) is 0 Å². The van der Waals surface area contributed by atoms with Crippen molar-refractivity contribution < 1.29 is 0 Å². The molecule has 0 aliphatic carbocycles. The molecule has 0 atom stereocenters. The van der Waals surface area contributed by atoms with Crippen molar-refractivity contribution in [1.29, 1.82) is 0 Å². The van der Waals surface area contributed by atoms with Gasteiger partial charge in [0.05, 0.1) is 0 Å². The molecule has 0 saturated heterocycles. The SMILES string of the molecule is CCNCc1cccc2c1NCC2. The number of nitrogens with one attached hydrogen (secondary N) is 2. The van der Waals surface area contributed by atoms with Crippen molar-refractivity contribution in [2.24, 2.45) is 0 Å². The van der Waals surface area contributed by atoms with Gasteiger partial charge < -0.3 is 10.6 Å². The minimum atomic E-state index is 0.979. The second-order valence-corrected chi connectivity index (χ2v) is 3.41. The Bertz CT molecular complexity index is 294. The van der Waals surface area contributed by atoms with Crippen LogP contribution in [-0.2, 0) is 13.0 Å². The molecule has 2 rings (SSSR count). The number of hydrogen-bond donors (Lipinski definition) is 2. The summed E-state index contributed by atoms with van der Waals surface area (Å²) in [6.07, 6.45) is 1.18. The molecule has 0 saturated carbocycles. The van der Waals surface area contributed by atoms with Crippen LogP contribution in [0.2, 0.25) is 0 Å². The van der Waals surface area contributed by atoms with Gasteiger partial charge in [0.1, 0.15) is 0 Å². The Kier molecular flexibility index (Phi) is 2.50. The normalized spacial score (nSPS) is 13.9. The fourth-order valence-electron chi connectivity index (χ4n) is 1.82. The molecule has 0 fully saturated rings. The minimum Gasteiger partial charge on any atom is -0.384 e. The first-order valence-corrected chi connectivity index (χ1v) is 4.97. The lowest BCUT2D eigenvalue weighted by molar-refractivity contribution is 0.728. The molecular formula is C11H16N2. The predicted molar refractivity (Wildman–Crippen MR) is 56.0 cm³/mol. The fraction of sp³-hybridized carbons (Fsp3) is 0.455. The number of benzene rings is 1. The molecule has 0 unspecified atom stereocenters. The largest absolute Gasteiger partial charge is 0.384 e. The van der Waals surface area contributed by atoms with Gasteiger partial charge in [-0.1, -0.05) is 25.1 Å². The van der Waals surface area contributed by atoms with Crippen LogP contribution in [0.5, 0.6) is 0 Å². The molecule has 1 aromatic carbocycles. The van der Waals surface area contributed by atoms with Crippen LogP contribution < -0.4 is 10.6 Å². The van der Waals surface area contributed by atoms with Gasteiger partial charge in [-0.15, -0.1) is 0 Å². The third-order valence-electron chi connectivity index (χ3n) is 2.50. The maximum Gasteiger partial charge on any atom is 0.0419 e. The molecule has 1 aromatic rings. The molecule has 0 aromatic heterocycles. The van der Waals surface area contributed by atoms with E-state index in [4.69, 9.17) is 0 Å². The maximum atomic E-state index is 3.44. The average Bonchev–Trinajstić information content (AvgIpc) is 2.62. The molecule has 70 valence electrons. The van der Waals surface area contributed by atoms with Crippen molar-refractivity contribution in [2.75, 3.05) is 18.4 Å². The Morgan fingerprint density at radius 3 is 3.23 bits per heavy atom. The quantitative estimate of drug-likeness (QED) is 0.733. The summed E-state index contributed by atoms with van der Waals surface area (Å²) in [6.45, 7) is 5.24. The predicted octanol–water partition coefficient (Wildman–Crippen LogP) is 1.76. The van der Waals surface area contributed by atoms with Crippen molar-refractivity contribution >= 4 is 5.69 Å². The highest BCUT2D eigenvalue weighted by molar-refractivity contribution is 5.61. The van der Waals surface area contributed by atoms with Crippen LogP contribution in [0, 0.1) is 0 Å². The smallest absolute Gasteiger partial charge is 0.0419 e. The van der Waals surface area contributed by atoms with Crippen LogP contribution in [0.15, 0.2) is 18.2 Å². The molecule has 1 heterocycles. The number of para-hydroxylation sites is 1. The van der Waals surface area contributed by atoms with E-state index in [2.05, 4.69) is 35.8 Å². The Hall–Kier alpha value is -1.02. The first-order chi connectivity index (χ1) is 6.42. The van der Waals surface area contributed by atoms with Gasteiger partial charge in [-0.3, -0.25) is 0 Å². The monoisotopic (exact) mass is 176 g/mol. The van der Waals surface area contributed by atoms with E-state index >= 15 is 0 Å². The van der Waals surface area contributed by atoms with Gasteiger partial charge in [0.25, 0.3) is 0 Å². The van der Waals surface area contributed by atoms with Gasteiger partial charge in [-0.05, 0) is 24.1 Å². The first-order valence-electron chi connectivity index (χ1n) is 4.97. The fourth-order valence-corrected chi connectivity index (χ4v) is 1.82. The summed E-state index contributed by atoms with van der Waals surface area (Å²) in [5, 5.41) is 6.79. The van der Waals surface area contributed by atoms with Crippen LogP contribution in [0.25, 0.3) is 0 Å². The van der Waals surface area contributed by atoms with Crippen molar-refractivity contribution in [3.05, 3.63) is 29.3 Å². The van der Waals surface area contributed by atoms with Gasteiger partial charge >= 0.3 is 0 Å². The van der Waals surface area contributed by atoms with E-state index in [1.807, 2.05) is 0 Å². The van der Waals surface area contributed by atoms with Crippen molar-refractivity contribution in [2.45, 2.75) is 19.9 Å². The van der Waals surface area contributed by atoms with E-state index < -0.39 is 0 Å². The second kappa shape index (κ2) is 3.79. The lowest BCUT2D eigenvalue weighted by Gasteiger charge is -2.08. The second-order valence-electron chi connectivity index (χ2n) is 3.41. The third kappa shape index (κ3) is 1.68. The van der Waals surface area contributed by atoms with Crippen LogP contribution >= 0.6 is 0 Å². The lowest BCUT2D eigenvalue weighted by atomic mass is 10.1. The minimum absolute atomic E-state index is 0.979.